The zero-order valence-electron chi connectivity index (χ0n) is 26.9. The Labute approximate surface area is 271 Å². The van der Waals surface area contributed by atoms with Crippen molar-refractivity contribution in [2.24, 2.45) is 23.0 Å². The highest BCUT2D eigenvalue weighted by Gasteiger charge is 2.81. The van der Waals surface area contributed by atoms with Crippen LogP contribution in [0.15, 0.2) is 72.8 Å². The number of carbonyl (C=O) groups is 1. The number of nitrogens with two attached hydrogens (primary N) is 1. The van der Waals surface area contributed by atoms with E-state index in [9.17, 15) is 4.79 Å². The lowest BCUT2D eigenvalue weighted by Crippen LogP contribution is -2.81. The van der Waals surface area contributed by atoms with Crippen molar-refractivity contribution in [2.75, 3.05) is 27.3 Å². The van der Waals surface area contributed by atoms with E-state index in [4.69, 9.17) is 19.9 Å². The van der Waals surface area contributed by atoms with Crippen LogP contribution in [-0.2, 0) is 21.4 Å². The van der Waals surface area contributed by atoms with Gasteiger partial charge in [-0.2, -0.15) is 0 Å². The van der Waals surface area contributed by atoms with Gasteiger partial charge in [0.1, 0.15) is 17.7 Å². The van der Waals surface area contributed by atoms with Gasteiger partial charge in [-0.3, -0.25) is 15.0 Å². The fourth-order valence-corrected chi connectivity index (χ4v) is 11.3. The molecule has 7 aliphatic rings. The lowest BCUT2D eigenvalue weighted by molar-refractivity contribution is -0.282. The summed E-state index contributed by atoms with van der Waals surface area (Å²) in [6, 6.07) is 24.6. The largest absolute Gasteiger partial charge is 0.493 e. The van der Waals surface area contributed by atoms with Crippen LogP contribution in [0.4, 0.5) is 0 Å². The fourth-order valence-electron chi connectivity index (χ4n) is 11.3. The molecule has 3 N–H and O–H groups in total. The van der Waals surface area contributed by atoms with Gasteiger partial charge in [0.15, 0.2) is 11.5 Å². The molecular weight excluding hydrogens is 574 g/mol. The molecule has 1 amide bonds. The number of methoxy groups -OCH3 is 2. The first-order valence-corrected chi connectivity index (χ1v) is 17.3. The summed E-state index contributed by atoms with van der Waals surface area (Å²) in [5, 5.41) is 3.85. The highest BCUT2D eigenvalue weighted by Crippen LogP contribution is 2.77. The van der Waals surface area contributed by atoms with Crippen LogP contribution < -0.4 is 20.5 Å². The van der Waals surface area contributed by atoms with Crippen molar-refractivity contribution in [1.29, 1.82) is 0 Å². The number of hydrogen-bond acceptors (Lipinski definition) is 6. The quantitative estimate of drug-likeness (QED) is 0.313. The van der Waals surface area contributed by atoms with E-state index in [1.54, 1.807) is 7.11 Å². The number of rotatable bonds is 10. The first-order chi connectivity index (χ1) is 22.5. The lowest BCUT2D eigenvalue weighted by Gasteiger charge is -2.74. The van der Waals surface area contributed by atoms with E-state index in [1.165, 1.54) is 30.5 Å². The Morgan fingerprint density at radius 1 is 1.00 bits per heavy atom. The van der Waals surface area contributed by atoms with E-state index in [0.29, 0.717) is 6.04 Å². The second kappa shape index (κ2) is 10.3. The number of hydrogen-bond donors (Lipinski definition) is 2. The predicted molar refractivity (Wildman–Crippen MR) is 176 cm³/mol. The van der Waals surface area contributed by atoms with Crippen LogP contribution >= 0.6 is 0 Å². The summed E-state index contributed by atoms with van der Waals surface area (Å²) in [5.41, 5.74) is 10.3. The Hall–Kier alpha value is -3.39. The number of likely N-dealkylation sites (tertiary alicyclic amines) is 1. The Bertz CT molecular complexity index is 1660. The van der Waals surface area contributed by atoms with Gasteiger partial charge < -0.3 is 19.9 Å². The maximum Gasteiger partial charge on any atom is 0.239 e. The molecule has 7 heteroatoms. The molecule has 0 unspecified atom stereocenters. The van der Waals surface area contributed by atoms with Gasteiger partial charge in [-0.1, -0.05) is 66.7 Å². The molecule has 2 aliphatic heterocycles. The van der Waals surface area contributed by atoms with Crippen molar-refractivity contribution in [1.82, 2.24) is 10.2 Å². The highest BCUT2D eigenvalue weighted by atomic mass is 16.6. The van der Waals surface area contributed by atoms with Crippen LogP contribution in [-0.4, -0.2) is 55.9 Å². The SMILES string of the molecule is COc1ccc2c3c1O[C@H]1[C@@]4(OC)CC[C@@]5(C[C@@H]4[C@H](N[C@@H](C(N)=O)c4ccccc4)c4ccccc4)[C@@H](C2)N(CC2CC2)CC[C@]315. The minimum atomic E-state index is -0.641. The zero-order chi connectivity index (χ0) is 31.3. The third-order valence-electron chi connectivity index (χ3n) is 13.2. The molecule has 3 aromatic carbocycles. The molecule has 3 aromatic rings. The van der Waals surface area contributed by atoms with E-state index in [2.05, 4.69) is 52.7 Å². The van der Waals surface area contributed by atoms with Gasteiger partial charge in [0.25, 0.3) is 0 Å². The molecule has 240 valence electrons. The maximum atomic E-state index is 13.2. The van der Waals surface area contributed by atoms with Crippen molar-refractivity contribution in [3.8, 4) is 11.5 Å². The molecule has 46 heavy (non-hydrogen) atoms. The number of primary amides is 1. The van der Waals surface area contributed by atoms with Crippen molar-refractivity contribution in [3.05, 3.63) is 95.1 Å². The zero-order valence-corrected chi connectivity index (χ0v) is 26.9. The van der Waals surface area contributed by atoms with E-state index < -0.39 is 11.6 Å². The topological polar surface area (TPSA) is 86.0 Å². The molecule has 4 bridgehead atoms. The monoisotopic (exact) mass is 619 g/mol. The summed E-state index contributed by atoms with van der Waals surface area (Å²) < 4.78 is 20.2. The van der Waals surface area contributed by atoms with Crippen LogP contribution in [0.25, 0.3) is 0 Å². The van der Waals surface area contributed by atoms with E-state index in [-0.39, 0.29) is 34.8 Å². The Morgan fingerprint density at radius 2 is 1.74 bits per heavy atom. The second-order valence-electron chi connectivity index (χ2n) is 14.9. The smallest absolute Gasteiger partial charge is 0.239 e. The molecule has 2 heterocycles. The first-order valence-electron chi connectivity index (χ1n) is 17.3. The number of nitrogens with zero attached hydrogens (tertiary/aromatic N) is 1. The Kier molecular flexibility index (Phi) is 6.45. The van der Waals surface area contributed by atoms with Crippen LogP contribution in [0.3, 0.4) is 0 Å². The number of carbonyl (C=O) groups excluding carboxylic acids is 1. The summed E-state index contributed by atoms with van der Waals surface area (Å²) in [7, 11) is 3.65. The summed E-state index contributed by atoms with van der Waals surface area (Å²) >= 11 is 0. The van der Waals surface area contributed by atoms with Crippen molar-refractivity contribution in [3.63, 3.8) is 0 Å². The number of amides is 1. The molecule has 4 saturated carbocycles. The number of nitrogens with one attached hydrogen (secondary N) is 1. The average Bonchev–Trinajstić information content (AvgIpc) is 3.83. The third kappa shape index (κ3) is 3.73. The Balaban J connectivity index is 1.23. The highest BCUT2D eigenvalue weighted by molar-refractivity contribution is 5.81. The van der Waals surface area contributed by atoms with Gasteiger partial charge in [0.05, 0.1) is 7.11 Å². The second-order valence-corrected chi connectivity index (χ2v) is 14.9. The van der Waals surface area contributed by atoms with Gasteiger partial charge in [-0.05, 0) is 80.2 Å². The van der Waals surface area contributed by atoms with E-state index >= 15 is 0 Å². The van der Waals surface area contributed by atoms with Crippen LogP contribution in [0.2, 0.25) is 0 Å². The molecule has 0 aromatic heterocycles. The van der Waals surface area contributed by atoms with Gasteiger partial charge in [-0.15, -0.1) is 0 Å². The maximum absolute atomic E-state index is 13.2. The standard InChI is InChI=1S/C39H45N3O4/c1-44-29-16-15-27-21-30-37-17-18-39(45-2,36-38(37,31(27)34(29)46-36)19-20-42(30)23-24-13-14-24)28(22-37)32(25-9-5-3-6-10-25)41-33(35(40)43)26-11-7-4-8-12-26/h3-12,15-16,24,28,30,32-33,36,41H,13-14,17-23H2,1-2H3,(H2,40,43)/t28-,30-,32-,33-,36-,37-,38+,39-/m1/s1. The minimum absolute atomic E-state index is 0.0179. The summed E-state index contributed by atoms with van der Waals surface area (Å²) in [5.74, 6) is 2.27. The first kappa shape index (κ1) is 28.8. The van der Waals surface area contributed by atoms with Gasteiger partial charge in [-0.25, -0.2) is 0 Å². The molecule has 7 nitrogen and oxygen atoms in total. The summed E-state index contributed by atoms with van der Waals surface area (Å²) in [6.45, 7) is 2.30. The molecule has 5 fully saturated rings. The van der Waals surface area contributed by atoms with Crippen molar-refractivity contribution < 1.29 is 19.0 Å². The molecule has 0 radical (unpaired) electrons. The number of piperidine rings is 1. The molecular formula is C39H45N3O4. The third-order valence-corrected chi connectivity index (χ3v) is 13.2. The lowest BCUT2D eigenvalue weighted by atomic mass is 9.34. The number of ether oxygens (including phenoxy) is 3. The van der Waals surface area contributed by atoms with Gasteiger partial charge in [0.2, 0.25) is 5.91 Å². The predicted octanol–water partition coefficient (Wildman–Crippen LogP) is 5.48. The summed E-state index contributed by atoms with van der Waals surface area (Å²) in [4.78, 5) is 16.1. The molecule has 2 spiro atoms. The average molecular weight is 620 g/mol. The normalized spacial score (nSPS) is 34.8. The van der Waals surface area contributed by atoms with Crippen LogP contribution in [0, 0.1) is 17.3 Å². The van der Waals surface area contributed by atoms with Crippen molar-refractivity contribution >= 4 is 5.91 Å². The van der Waals surface area contributed by atoms with Gasteiger partial charge in [0, 0.05) is 48.0 Å². The fraction of sp³-hybridized carbons (Fsp3) is 0.513. The Morgan fingerprint density at radius 3 is 2.41 bits per heavy atom. The molecule has 10 rings (SSSR count). The van der Waals surface area contributed by atoms with Crippen molar-refractivity contribution in [2.45, 2.75) is 80.2 Å². The molecule has 1 saturated heterocycles. The number of fused-ring (bicyclic) bond motifs is 2. The minimum Gasteiger partial charge on any atom is -0.493 e. The molecule has 8 atom stereocenters. The summed E-state index contributed by atoms with van der Waals surface area (Å²) in [6.07, 6.45) is 7.70. The number of benzene rings is 3. The van der Waals surface area contributed by atoms with Gasteiger partial charge >= 0.3 is 0 Å². The van der Waals surface area contributed by atoms with Crippen LogP contribution in [0.1, 0.15) is 72.9 Å². The van der Waals surface area contributed by atoms with Crippen LogP contribution in [0.5, 0.6) is 11.5 Å². The van der Waals surface area contributed by atoms with E-state index in [1.807, 2.05) is 37.4 Å². The molecule has 5 aliphatic carbocycles. The van der Waals surface area contributed by atoms with E-state index in [0.717, 1.165) is 67.2 Å².